The Morgan fingerprint density at radius 2 is 1.76 bits per heavy atom. The number of fused-ring (bicyclic) bond motifs is 1. The van der Waals surface area contributed by atoms with Crippen LogP contribution in [-0.2, 0) is 20.7 Å². The lowest BCUT2D eigenvalue weighted by Crippen LogP contribution is -2.34. The van der Waals surface area contributed by atoms with Crippen LogP contribution in [0.25, 0.3) is 32.6 Å². The zero-order valence-electron chi connectivity index (χ0n) is 23.8. The highest BCUT2D eigenvalue weighted by atomic mass is 32.1. The summed E-state index contributed by atoms with van der Waals surface area (Å²) < 4.78 is 31.6. The summed E-state index contributed by atoms with van der Waals surface area (Å²) in [6.45, 7) is 6.28. The number of likely N-dealkylation sites (N-methyl/N-ethyl adjacent to an activating group) is 1. The molecule has 0 unspecified atom stereocenters. The number of halogens is 1. The molecular weight excluding hydrogens is 563 g/mol. The standard InChI is InChI=1S/C30H33FN4O6S/c1-30(2,3)41-29(37)32-12-13-39-14-15-40-24-18-21(31)9-10-22(24)27-28-23(11-16-42-28)26(33-34-27)20-7-5-19(6-8-20)17-25(36)35(4)38/h5-11,16,18,38H,12-15,17H2,1-4H3,(H,32,37). The fraction of sp³-hybridized carbons (Fsp3) is 0.333. The van der Waals surface area contributed by atoms with E-state index in [1.807, 2.05) is 35.7 Å². The van der Waals surface area contributed by atoms with Gasteiger partial charge < -0.3 is 19.5 Å². The Morgan fingerprint density at radius 1 is 1.02 bits per heavy atom. The van der Waals surface area contributed by atoms with Crippen molar-refractivity contribution < 1.29 is 33.4 Å². The van der Waals surface area contributed by atoms with Gasteiger partial charge in [-0.15, -0.1) is 21.5 Å². The Balaban J connectivity index is 1.43. The normalized spacial score (nSPS) is 11.4. The van der Waals surface area contributed by atoms with Gasteiger partial charge in [0.1, 0.15) is 35.2 Å². The first-order chi connectivity index (χ1) is 20.0. The van der Waals surface area contributed by atoms with Crippen LogP contribution in [0.1, 0.15) is 26.3 Å². The van der Waals surface area contributed by atoms with Gasteiger partial charge in [0.25, 0.3) is 0 Å². The van der Waals surface area contributed by atoms with Gasteiger partial charge in [-0.1, -0.05) is 24.3 Å². The minimum absolute atomic E-state index is 0.0765. The first-order valence-electron chi connectivity index (χ1n) is 13.3. The van der Waals surface area contributed by atoms with Crippen molar-refractivity contribution in [1.82, 2.24) is 20.6 Å². The minimum Gasteiger partial charge on any atom is -0.490 e. The lowest BCUT2D eigenvalue weighted by molar-refractivity contribution is -0.158. The van der Waals surface area contributed by atoms with Gasteiger partial charge in [-0.05, 0) is 49.9 Å². The van der Waals surface area contributed by atoms with Crippen LogP contribution in [0.15, 0.2) is 53.9 Å². The molecule has 10 nitrogen and oxygen atoms in total. The van der Waals surface area contributed by atoms with Crippen LogP contribution in [0.5, 0.6) is 5.75 Å². The summed E-state index contributed by atoms with van der Waals surface area (Å²) in [6.07, 6.45) is -0.439. The number of amides is 2. The molecule has 0 aliphatic heterocycles. The fourth-order valence-corrected chi connectivity index (χ4v) is 4.89. The molecule has 222 valence electrons. The van der Waals surface area contributed by atoms with E-state index in [0.29, 0.717) is 27.8 Å². The van der Waals surface area contributed by atoms with Crippen LogP contribution in [0.2, 0.25) is 0 Å². The topological polar surface area (TPSA) is 123 Å². The number of hydroxylamine groups is 2. The minimum atomic E-state index is -0.576. The fourth-order valence-electron chi connectivity index (χ4n) is 4.00. The van der Waals surface area contributed by atoms with E-state index < -0.39 is 23.4 Å². The zero-order valence-corrected chi connectivity index (χ0v) is 24.7. The average molecular weight is 597 g/mol. The maximum absolute atomic E-state index is 14.2. The number of thiophene rings is 1. The van der Waals surface area contributed by atoms with Crippen molar-refractivity contribution in [3.05, 3.63) is 65.3 Å². The number of carbonyl (C=O) groups excluding carboxylic acids is 2. The van der Waals surface area contributed by atoms with Crippen LogP contribution < -0.4 is 10.1 Å². The highest BCUT2D eigenvalue weighted by molar-refractivity contribution is 7.17. The van der Waals surface area contributed by atoms with Crippen molar-refractivity contribution in [2.45, 2.75) is 32.8 Å². The van der Waals surface area contributed by atoms with Gasteiger partial charge in [-0.2, -0.15) is 0 Å². The number of hydrogen-bond acceptors (Lipinski definition) is 9. The molecule has 4 rings (SSSR count). The molecule has 2 amide bonds. The lowest BCUT2D eigenvalue weighted by atomic mass is 10.0. The van der Waals surface area contributed by atoms with Crippen molar-refractivity contribution in [2.75, 3.05) is 33.4 Å². The molecule has 0 radical (unpaired) electrons. The van der Waals surface area contributed by atoms with Gasteiger partial charge in [0.2, 0.25) is 5.91 Å². The Kier molecular flexibility index (Phi) is 10.0. The SMILES string of the molecule is CN(O)C(=O)Cc1ccc(-c2nnc(-c3ccc(F)cc3OCCOCCNC(=O)OC(C)(C)C)c3sccc23)cc1. The van der Waals surface area contributed by atoms with Crippen LogP contribution in [-0.4, -0.2) is 71.5 Å². The number of nitrogens with one attached hydrogen (secondary N) is 1. The van der Waals surface area contributed by atoms with Crippen LogP contribution in [0.3, 0.4) is 0 Å². The molecule has 0 spiro atoms. The second-order valence-electron chi connectivity index (χ2n) is 10.4. The van der Waals surface area contributed by atoms with E-state index >= 15 is 0 Å². The summed E-state index contributed by atoms with van der Waals surface area (Å²) in [5.41, 5.74) is 2.83. The highest BCUT2D eigenvalue weighted by Crippen LogP contribution is 2.39. The molecule has 0 bridgehead atoms. The molecule has 4 aromatic rings. The summed E-state index contributed by atoms with van der Waals surface area (Å²) in [5.74, 6) is -0.550. The Bertz CT molecular complexity index is 1540. The molecule has 0 saturated carbocycles. The molecule has 0 aliphatic carbocycles. The summed E-state index contributed by atoms with van der Waals surface area (Å²) in [6, 6.07) is 13.6. The molecule has 0 aliphatic rings. The molecular formula is C30H33FN4O6S. The predicted octanol–water partition coefficient (Wildman–Crippen LogP) is 5.47. The van der Waals surface area contributed by atoms with Gasteiger partial charge in [0.05, 0.1) is 24.3 Å². The van der Waals surface area contributed by atoms with Crippen LogP contribution >= 0.6 is 11.3 Å². The first-order valence-corrected chi connectivity index (χ1v) is 14.2. The third-order valence-electron chi connectivity index (χ3n) is 5.93. The zero-order chi connectivity index (χ0) is 30.3. The highest BCUT2D eigenvalue weighted by Gasteiger charge is 2.18. The third kappa shape index (κ3) is 8.21. The number of aromatic nitrogens is 2. The third-order valence-corrected chi connectivity index (χ3v) is 6.85. The first kappa shape index (κ1) is 30.8. The Morgan fingerprint density at radius 3 is 2.48 bits per heavy atom. The monoisotopic (exact) mass is 596 g/mol. The number of benzene rings is 2. The van der Waals surface area contributed by atoms with Crippen molar-refractivity contribution in [2.24, 2.45) is 0 Å². The van der Waals surface area contributed by atoms with E-state index in [1.165, 1.54) is 30.5 Å². The van der Waals surface area contributed by atoms with E-state index in [4.69, 9.17) is 14.2 Å². The molecule has 0 fully saturated rings. The second kappa shape index (κ2) is 13.7. The van der Waals surface area contributed by atoms with Crippen molar-refractivity contribution in [1.29, 1.82) is 0 Å². The largest absolute Gasteiger partial charge is 0.490 e. The van der Waals surface area contributed by atoms with Crippen LogP contribution in [0, 0.1) is 5.82 Å². The smallest absolute Gasteiger partial charge is 0.407 e. The van der Waals surface area contributed by atoms with Crippen molar-refractivity contribution in [3.8, 4) is 28.3 Å². The van der Waals surface area contributed by atoms with Gasteiger partial charge in [-0.3, -0.25) is 10.0 Å². The van der Waals surface area contributed by atoms with Gasteiger partial charge in [-0.25, -0.2) is 14.2 Å². The molecule has 42 heavy (non-hydrogen) atoms. The number of nitrogens with zero attached hydrogens (tertiary/aromatic N) is 3. The number of rotatable bonds is 11. The number of hydrogen-bond donors (Lipinski definition) is 2. The Hall–Kier alpha value is -4.13. The maximum atomic E-state index is 14.2. The second-order valence-corrected chi connectivity index (χ2v) is 11.3. The van der Waals surface area contributed by atoms with Gasteiger partial charge in [0.15, 0.2) is 0 Å². The van der Waals surface area contributed by atoms with E-state index in [2.05, 4.69) is 15.5 Å². The van der Waals surface area contributed by atoms with E-state index in [9.17, 15) is 19.2 Å². The summed E-state index contributed by atoms with van der Waals surface area (Å²) in [7, 11) is 1.29. The van der Waals surface area contributed by atoms with Gasteiger partial charge >= 0.3 is 6.09 Å². The average Bonchev–Trinajstić information content (AvgIpc) is 3.42. The van der Waals surface area contributed by atoms with E-state index in [-0.39, 0.29) is 32.8 Å². The maximum Gasteiger partial charge on any atom is 0.407 e. The quantitative estimate of drug-likeness (QED) is 0.133. The molecule has 2 N–H and O–H groups in total. The molecule has 0 saturated heterocycles. The van der Waals surface area contributed by atoms with Crippen molar-refractivity contribution >= 4 is 33.4 Å². The summed E-state index contributed by atoms with van der Waals surface area (Å²) in [4.78, 5) is 23.5. The van der Waals surface area contributed by atoms with Gasteiger partial charge in [0, 0.05) is 36.2 Å². The predicted molar refractivity (Wildman–Crippen MR) is 157 cm³/mol. The molecule has 2 heterocycles. The molecule has 2 aromatic heterocycles. The summed E-state index contributed by atoms with van der Waals surface area (Å²) >= 11 is 1.49. The van der Waals surface area contributed by atoms with E-state index in [0.717, 1.165) is 21.2 Å². The Labute approximate surface area is 247 Å². The number of alkyl carbamates (subject to hydrolysis) is 1. The summed E-state index contributed by atoms with van der Waals surface area (Å²) in [5, 5.41) is 24.3. The number of carbonyl (C=O) groups is 2. The molecule has 2 aromatic carbocycles. The van der Waals surface area contributed by atoms with Crippen molar-refractivity contribution in [3.63, 3.8) is 0 Å². The van der Waals surface area contributed by atoms with E-state index in [1.54, 1.807) is 26.8 Å². The lowest BCUT2D eigenvalue weighted by Gasteiger charge is -2.19. The number of ether oxygens (including phenoxy) is 3. The molecule has 12 heteroatoms. The van der Waals surface area contributed by atoms with Crippen LogP contribution in [0.4, 0.5) is 9.18 Å². The molecule has 0 atom stereocenters.